The average molecular weight is 376 g/mol. The van der Waals surface area contributed by atoms with Crippen LogP contribution < -0.4 is 0 Å². The van der Waals surface area contributed by atoms with Crippen LogP contribution in [0.25, 0.3) is 0 Å². The van der Waals surface area contributed by atoms with Crippen LogP contribution in [0.4, 0.5) is 0 Å². The molecule has 0 bridgehead atoms. The van der Waals surface area contributed by atoms with Gasteiger partial charge in [0.15, 0.2) is 6.29 Å². The first kappa shape index (κ1) is 19.8. The van der Waals surface area contributed by atoms with Gasteiger partial charge in [-0.2, -0.15) is 0 Å². The van der Waals surface area contributed by atoms with E-state index in [2.05, 4.69) is 34.1 Å². The molecule has 1 spiro atoms. The lowest BCUT2D eigenvalue weighted by Gasteiger charge is -2.24. The molecule has 1 N–H and O–H groups in total. The summed E-state index contributed by atoms with van der Waals surface area (Å²) in [6.07, 6.45) is 2.80. The van der Waals surface area contributed by atoms with Crippen LogP contribution in [-0.4, -0.2) is 79.5 Å². The summed E-state index contributed by atoms with van der Waals surface area (Å²) < 4.78 is 11.1. The molecule has 1 atom stereocenters. The van der Waals surface area contributed by atoms with Gasteiger partial charge in [0.2, 0.25) is 5.91 Å². The molecule has 0 aliphatic carbocycles. The van der Waals surface area contributed by atoms with Gasteiger partial charge in [0.05, 0.1) is 18.6 Å². The van der Waals surface area contributed by atoms with Gasteiger partial charge in [-0.05, 0) is 31.4 Å². The summed E-state index contributed by atoms with van der Waals surface area (Å²) in [4.78, 5) is 25.7. The van der Waals surface area contributed by atoms with Crippen LogP contribution in [0.5, 0.6) is 0 Å². The number of carboxylic acid groups (broad SMARTS) is 1. The number of ether oxygens (including phenoxy) is 2. The molecule has 7 heteroatoms. The maximum atomic E-state index is 13.0. The highest BCUT2D eigenvalue weighted by molar-refractivity contribution is 5.85. The predicted molar refractivity (Wildman–Crippen MR) is 99.2 cm³/mol. The van der Waals surface area contributed by atoms with E-state index >= 15 is 0 Å². The van der Waals surface area contributed by atoms with Gasteiger partial charge >= 0.3 is 0 Å². The van der Waals surface area contributed by atoms with Gasteiger partial charge in [-0.3, -0.25) is 14.5 Å². The van der Waals surface area contributed by atoms with Crippen molar-refractivity contribution < 1.29 is 24.2 Å². The van der Waals surface area contributed by atoms with Crippen molar-refractivity contribution in [1.29, 1.82) is 0 Å². The summed E-state index contributed by atoms with van der Waals surface area (Å²) in [5, 5.41) is 6.89. The molecule has 3 heterocycles. The van der Waals surface area contributed by atoms with E-state index in [-0.39, 0.29) is 18.2 Å². The van der Waals surface area contributed by atoms with Gasteiger partial charge in [0.1, 0.15) is 0 Å². The molecule has 1 amide bonds. The minimum atomic E-state index is -0.250. The van der Waals surface area contributed by atoms with Crippen LogP contribution in [0.3, 0.4) is 0 Å². The molecule has 0 radical (unpaired) electrons. The molecule has 7 nitrogen and oxygen atoms in total. The van der Waals surface area contributed by atoms with Crippen molar-refractivity contribution in [3.05, 3.63) is 35.9 Å². The van der Waals surface area contributed by atoms with Gasteiger partial charge in [-0.15, -0.1) is 0 Å². The Labute approximate surface area is 159 Å². The molecule has 27 heavy (non-hydrogen) atoms. The Kier molecular flexibility index (Phi) is 6.82. The number of hydrogen-bond donors (Lipinski definition) is 1. The zero-order valence-electron chi connectivity index (χ0n) is 15.6. The van der Waals surface area contributed by atoms with Crippen molar-refractivity contribution in [3.63, 3.8) is 0 Å². The average Bonchev–Trinajstić information content (AvgIpc) is 3.40. The van der Waals surface area contributed by atoms with Crippen LogP contribution in [0.15, 0.2) is 30.3 Å². The molecular weight excluding hydrogens is 348 g/mol. The van der Waals surface area contributed by atoms with Crippen LogP contribution in [0.2, 0.25) is 0 Å². The molecule has 148 valence electrons. The quantitative estimate of drug-likeness (QED) is 0.779. The van der Waals surface area contributed by atoms with Gasteiger partial charge in [0, 0.05) is 26.2 Å². The van der Waals surface area contributed by atoms with Gasteiger partial charge in [-0.25, -0.2) is 0 Å². The number of carbonyl (C=O) groups excluding carboxylic acids is 1. The Morgan fingerprint density at radius 1 is 1.15 bits per heavy atom. The van der Waals surface area contributed by atoms with E-state index in [1.807, 2.05) is 6.07 Å². The summed E-state index contributed by atoms with van der Waals surface area (Å²) in [7, 11) is 0. The monoisotopic (exact) mass is 376 g/mol. The second-order valence-electron chi connectivity index (χ2n) is 7.32. The van der Waals surface area contributed by atoms with Crippen molar-refractivity contribution in [3.8, 4) is 0 Å². The summed E-state index contributed by atoms with van der Waals surface area (Å²) >= 11 is 0. The highest BCUT2D eigenvalue weighted by atomic mass is 16.7. The van der Waals surface area contributed by atoms with Gasteiger partial charge in [0.25, 0.3) is 6.47 Å². The first-order chi connectivity index (χ1) is 13.2. The Hall–Kier alpha value is -1.96. The van der Waals surface area contributed by atoms with Crippen molar-refractivity contribution >= 4 is 12.4 Å². The summed E-state index contributed by atoms with van der Waals surface area (Å²) in [5.74, 6) is 0.356. The molecule has 1 unspecified atom stereocenters. The second kappa shape index (κ2) is 9.30. The smallest absolute Gasteiger partial charge is 0.290 e. The van der Waals surface area contributed by atoms with Crippen LogP contribution in [0.1, 0.15) is 18.4 Å². The maximum absolute atomic E-state index is 13.0. The zero-order chi connectivity index (χ0) is 19.1. The molecule has 1 aromatic carbocycles. The predicted octanol–water partition coefficient (Wildman–Crippen LogP) is 1.23. The zero-order valence-corrected chi connectivity index (χ0v) is 15.6. The molecule has 0 saturated carbocycles. The third-order valence-electron chi connectivity index (χ3n) is 5.65. The van der Waals surface area contributed by atoms with E-state index in [4.69, 9.17) is 19.4 Å². The molecule has 3 fully saturated rings. The summed E-state index contributed by atoms with van der Waals surface area (Å²) in [6.45, 7) is 5.48. The summed E-state index contributed by atoms with van der Waals surface area (Å²) in [6, 6.07) is 10.4. The fourth-order valence-electron chi connectivity index (χ4n) is 4.23. The first-order valence-electron chi connectivity index (χ1n) is 9.53. The number of hydrogen-bond acceptors (Lipinski definition) is 5. The van der Waals surface area contributed by atoms with E-state index < -0.39 is 0 Å². The van der Waals surface area contributed by atoms with Crippen molar-refractivity contribution in [1.82, 2.24) is 9.80 Å². The topological polar surface area (TPSA) is 79.3 Å². The Morgan fingerprint density at radius 3 is 2.52 bits per heavy atom. The lowest BCUT2D eigenvalue weighted by molar-refractivity contribution is -0.135. The Morgan fingerprint density at radius 2 is 1.81 bits per heavy atom. The van der Waals surface area contributed by atoms with Crippen molar-refractivity contribution in [2.24, 2.45) is 5.41 Å². The van der Waals surface area contributed by atoms with Crippen LogP contribution >= 0.6 is 0 Å². The Balaban J connectivity index is 0.000000659. The lowest BCUT2D eigenvalue weighted by atomic mass is 9.85. The van der Waals surface area contributed by atoms with Crippen molar-refractivity contribution in [2.45, 2.75) is 25.6 Å². The van der Waals surface area contributed by atoms with E-state index in [9.17, 15) is 4.79 Å². The molecule has 3 saturated heterocycles. The van der Waals surface area contributed by atoms with Crippen molar-refractivity contribution in [2.75, 3.05) is 45.9 Å². The number of benzene rings is 1. The van der Waals surface area contributed by atoms with E-state index in [0.717, 1.165) is 52.0 Å². The standard InChI is InChI=1S/C19H26N2O3.CH2O2/c22-18-19(7-10-20(15-19)14-17-23-12-13-24-17)8-11-21(18)9-6-16-4-2-1-3-5-16;2-1-3/h1-5,17H,6-15H2;1H,(H,2,3). The normalized spacial score (nSPS) is 25.8. The van der Waals surface area contributed by atoms with Gasteiger partial charge < -0.3 is 19.5 Å². The van der Waals surface area contributed by atoms with E-state index in [1.165, 1.54) is 5.56 Å². The molecule has 1 aromatic rings. The third kappa shape index (κ3) is 4.86. The van der Waals surface area contributed by atoms with Crippen LogP contribution in [0, 0.1) is 5.41 Å². The largest absolute Gasteiger partial charge is 0.483 e. The highest BCUT2D eigenvalue weighted by Gasteiger charge is 2.50. The fraction of sp³-hybridized carbons (Fsp3) is 0.600. The number of carbonyl (C=O) groups is 2. The van der Waals surface area contributed by atoms with Crippen LogP contribution in [-0.2, 0) is 25.5 Å². The molecule has 4 rings (SSSR count). The maximum Gasteiger partial charge on any atom is 0.290 e. The number of rotatable bonds is 5. The second-order valence-corrected chi connectivity index (χ2v) is 7.32. The number of likely N-dealkylation sites (tertiary alicyclic amines) is 2. The third-order valence-corrected chi connectivity index (χ3v) is 5.65. The molecular formula is C20H28N2O5. The highest BCUT2D eigenvalue weighted by Crippen LogP contribution is 2.40. The SMILES string of the molecule is O=C1N(CCc2ccccc2)CCC12CCN(CC1OCCO1)C2.O=CO. The van der Waals surface area contributed by atoms with E-state index in [0.29, 0.717) is 19.1 Å². The number of amides is 1. The fourth-order valence-corrected chi connectivity index (χ4v) is 4.23. The van der Waals surface area contributed by atoms with E-state index in [1.54, 1.807) is 0 Å². The molecule has 3 aliphatic heterocycles. The summed E-state index contributed by atoms with van der Waals surface area (Å²) in [5.41, 5.74) is 1.14. The number of nitrogens with zero attached hydrogens (tertiary/aromatic N) is 2. The Bertz CT molecular complexity index is 620. The lowest BCUT2D eigenvalue weighted by Crippen LogP contribution is -2.39. The molecule has 3 aliphatic rings. The van der Waals surface area contributed by atoms with Gasteiger partial charge in [-0.1, -0.05) is 30.3 Å². The first-order valence-corrected chi connectivity index (χ1v) is 9.53. The minimum Gasteiger partial charge on any atom is -0.483 e. The molecule has 0 aromatic heterocycles. The minimum absolute atomic E-state index is 0.106.